The summed E-state index contributed by atoms with van der Waals surface area (Å²) >= 11 is 1.26. The number of primary amides is 1. The van der Waals surface area contributed by atoms with E-state index in [1.807, 2.05) is 18.2 Å². The minimum atomic E-state index is -1.68. The lowest BCUT2D eigenvalue weighted by molar-refractivity contribution is -0.126. The molecule has 9 N–H and O–H groups in total. The number of anilines is 1. The van der Waals surface area contributed by atoms with E-state index in [4.69, 9.17) is 32.4 Å². The predicted molar refractivity (Wildman–Crippen MR) is 155 cm³/mol. The van der Waals surface area contributed by atoms with Gasteiger partial charge in [-0.15, -0.1) is 11.8 Å². The van der Waals surface area contributed by atoms with E-state index in [1.165, 1.54) is 18.0 Å². The van der Waals surface area contributed by atoms with Crippen LogP contribution >= 0.6 is 11.8 Å². The third-order valence-electron chi connectivity index (χ3n) is 8.27. The molecule has 0 radical (unpaired) electrons. The third-order valence-corrected chi connectivity index (χ3v) is 9.73. The number of carbonyl (C=O) groups is 3. The summed E-state index contributed by atoms with van der Waals surface area (Å²) in [6, 6.07) is 11.1. The van der Waals surface area contributed by atoms with Crippen molar-refractivity contribution in [3.63, 3.8) is 0 Å². The molecule has 3 aromatic rings. The van der Waals surface area contributed by atoms with Crippen LogP contribution in [0.25, 0.3) is 0 Å². The maximum absolute atomic E-state index is 14.1. The van der Waals surface area contributed by atoms with Crippen LogP contribution in [0.3, 0.4) is 0 Å². The standard InChI is InChI=1S/C29H31N7O5S/c1-13-16(12-34-28(35-13)40-14-6-3-2-4-7-14)29(33)15-10-11-17(30)23-20(15)21(22(31)25(29)37)24(42-23)26(38)36-18-8-5-9-19(18)41-27(32)39/h2-4,6-7,10-12,18-19,21-22,24H,5,8-9,30-31,33H2,1H3,(H2,32,39)(H,36,38)/t18-,19+,21?,22?,24?,29?/m0/s1. The van der Waals surface area contributed by atoms with Gasteiger partial charge in [0, 0.05) is 28.3 Å². The van der Waals surface area contributed by atoms with E-state index in [2.05, 4.69) is 15.3 Å². The molecule has 2 aromatic carbocycles. The number of rotatable bonds is 6. The zero-order valence-electron chi connectivity index (χ0n) is 22.8. The van der Waals surface area contributed by atoms with Gasteiger partial charge in [-0.25, -0.2) is 9.78 Å². The number of thioether (sulfide) groups is 1. The number of nitrogens with zero attached hydrogens (tertiary/aromatic N) is 2. The highest BCUT2D eigenvalue weighted by molar-refractivity contribution is 8.01. The van der Waals surface area contributed by atoms with Crippen molar-refractivity contribution in [2.24, 2.45) is 17.2 Å². The molecule has 2 amide bonds. The maximum Gasteiger partial charge on any atom is 0.404 e. The fraction of sp³-hybridized carbons (Fsp3) is 0.345. The molecule has 2 aliphatic carbocycles. The first-order valence-electron chi connectivity index (χ1n) is 13.6. The first-order valence-corrected chi connectivity index (χ1v) is 14.5. The maximum atomic E-state index is 14.1. The number of benzene rings is 2. The number of nitrogens with two attached hydrogens (primary N) is 4. The Balaban J connectivity index is 1.34. The molecule has 1 saturated carbocycles. The van der Waals surface area contributed by atoms with Crippen molar-refractivity contribution in [1.29, 1.82) is 0 Å². The molecule has 12 nitrogen and oxygen atoms in total. The molecule has 1 aromatic heterocycles. The Hall–Kier alpha value is -4.20. The second kappa shape index (κ2) is 10.6. The number of aryl methyl sites for hydroxylation is 1. The van der Waals surface area contributed by atoms with Crippen LogP contribution in [0, 0.1) is 6.92 Å². The highest BCUT2D eigenvalue weighted by atomic mass is 32.2. The molecule has 0 saturated heterocycles. The second-order valence-electron chi connectivity index (χ2n) is 10.8. The molecule has 218 valence electrons. The number of aromatic nitrogens is 2. The molecule has 1 fully saturated rings. The molecule has 13 heteroatoms. The van der Waals surface area contributed by atoms with E-state index in [0.717, 1.165) is 6.42 Å². The van der Waals surface area contributed by atoms with Crippen molar-refractivity contribution >= 4 is 35.2 Å². The Morgan fingerprint density at radius 3 is 2.60 bits per heavy atom. The van der Waals surface area contributed by atoms with Crippen LogP contribution in [-0.2, 0) is 19.9 Å². The molecule has 42 heavy (non-hydrogen) atoms. The first-order chi connectivity index (χ1) is 20.1. The number of carbonyl (C=O) groups excluding carboxylic acids is 3. The Morgan fingerprint density at radius 1 is 1.12 bits per heavy atom. The molecule has 0 spiro atoms. The molecule has 1 aliphatic heterocycles. The van der Waals surface area contributed by atoms with Gasteiger partial charge < -0.3 is 37.7 Å². The summed E-state index contributed by atoms with van der Waals surface area (Å²) in [6.07, 6.45) is 2.07. The summed E-state index contributed by atoms with van der Waals surface area (Å²) in [4.78, 5) is 48.6. The van der Waals surface area contributed by atoms with Gasteiger partial charge in [0.15, 0.2) is 5.78 Å². The number of ketones is 1. The van der Waals surface area contributed by atoms with Crippen molar-refractivity contribution in [3.05, 3.63) is 71.0 Å². The van der Waals surface area contributed by atoms with Crippen molar-refractivity contribution in [2.45, 2.75) is 66.0 Å². The summed E-state index contributed by atoms with van der Waals surface area (Å²) < 4.78 is 11.0. The van der Waals surface area contributed by atoms with Gasteiger partial charge in [-0.1, -0.05) is 24.3 Å². The van der Waals surface area contributed by atoms with Crippen molar-refractivity contribution in [3.8, 4) is 11.8 Å². The highest BCUT2D eigenvalue weighted by Crippen LogP contribution is 2.56. The van der Waals surface area contributed by atoms with Crippen LogP contribution < -0.4 is 33.0 Å². The first kappa shape index (κ1) is 27.9. The van der Waals surface area contributed by atoms with E-state index in [-0.39, 0.29) is 11.9 Å². The van der Waals surface area contributed by atoms with Crippen LogP contribution in [0.15, 0.2) is 53.6 Å². The number of amides is 2. The fourth-order valence-electron chi connectivity index (χ4n) is 6.32. The lowest BCUT2D eigenvalue weighted by atomic mass is 9.65. The van der Waals surface area contributed by atoms with E-state index in [0.29, 0.717) is 51.6 Å². The molecule has 6 rings (SSSR count). The number of nitrogens with one attached hydrogen (secondary N) is 1. The van der Waals surface area contributed by atoms with Gasteiger partial charge in [-0.3, -0.25) is 9.59 Å². The zero-order valence-corrected chi connectivity index (χ0v) is 23.6. The van der Waals surface area contributed by atoms with Crippen LogP contribution in [0.2, 0.25) is 0 Å². The minimum Gasteiger partial charge on any atom is -0.444 e. The van der Waals surface area contributed by atoms with Crippen molar-refractivity contribution in [2.75, 3.05) is 5.73 Å². The second-order valence-corrected chi connectivity index (χ2v) is 11.9. The average molecular weight is 590 g/mol. The van der Waals surface area contributed by atoms with Gasteiger partial charge in [-0.2, -0.15) is 4.98 Å². The topological polar surface area (TPSA) is 212 Å². The Kier molecular flexibility index (Phi) is 7.03. The Bertz CT molecular complexity index is 1590. The lowest BCUT2D eigenvalue weighted by Crippen LogP contribution is -2.61. The molecule has 6 atom stereocenters. The minimum absolute atomic E-state index is 0.108. The number of nitrogen functional groups attached to an aromatic ring is 1. The van der Waals surface area contributed by atoms with Gasteiger partial charge in [0.25, 0.3) is 0 Å². The summed E-state index contributed by atoms with van der Waals surface area (Å²) in [5.41, 5.74) is 26.0. The molecule has 2 heterocycles. The fourth-order valence-corrected chi connectivity index (χ4v) is 7.78. The lowest BCUT2D eigenvalue weighted by Gasteiger charge is -2.41. The van der Waals surface area contributed by atoms with Gasteiger partial charge in [0.2, 0.25) is 5.91 Å². The largest absolute Gasteiger partial charge is 0.444 e. The van der Waals surface area contributed by atoms with Gasteiger partial charge in [0.05, 0.1) is 23.0 Å². The van der Waals surface area contributed by atoms with E-state index < -0.39 is 46.8 Å². The molecule has 4 unspecified atom stereocenters. The van der Waals surface area contributed by atoms with Crippen LogP contribution in [0.1, 0.15) is 47.6 Å². The normalized spacial score (nSPS) is 27.8. The van der Waals surface area contributed by atoms with Crippen LogP contribution in [0.4, 0.5) is 10.5 Å². The summed E-state index contributed by atoms with van der Waals surface area (Å²) in [7, 11) is 0. The molecular weight excluding hydrogens is 558 g/mol. The summed E-state index contributed by atoms with van der Waals surface area (Å²) in [5, 5.41) is 2.25. The third kappa shape index (κ3) is 4.53. The Morgan fingerprint density at radius 2 is 1.88 bits per heavy atom. The van der Waals surface area contributed by atoms with Crippen LogP contribution in [-0.4, -0.2) is 51.2 Å². The number of para-hydroxylation sites is 1. The van der Waals surface area contributed by atoms with E-state index in [1.54, 1.807) is 31.2 Å². The molecule has 0 bridgehead atoms. The van der Waals surface area contributed by atoms with Crippen molar-refractivity contribution in [1.82, 2.24) is 15.3 Å². The summed E-state index contributed by atoms with van der Waals surface area (Å²) in [6.45, 7) is 1.73. The number of hydrogen-bond acceptors (Lipinski definition) is 11. The van der Waals surface area contributed by atoms with Gasteiger partial charge in [-0.05, 0) is 55.5 Å². The number of hydrogen-bond donors (Lipinski definition) is 5. The van der Waals surface area contributed by atoms with Gasteiger partial charge in [0.1, 0.15) is 17.4 Å². The smallest absolute Gasteiger partial charge is 0.404 e. The monoisotopic (exact) mass is 589 g/mol. The highest BCUT2D eigenvalue weighted by Gasteiger charge is 2.57. The van der Waals surface area contributed by atoms with E-state index in [9.17, 15) is 14.4 Å². The van der Waals surface area contributed by atoms with Gasteiger partial charge >= 0.3 is 12.1 Å². The molecular formula is C29H31N7O5S. The number of ether oxygens (including phenoxy) is 2. The van der Waals surface area contributed by atoms with Crippen LogP contribution in [0.5, 0.6) is 11.8 Å². The van der Waals surface area contributed by atoms with Crippen molar-refractivity contribution < 1.29 is 23.9 Å². The predicted octanol–water partition coefficient (Wildman–Crippen LogP) is 1.96. The zero-order chi connectivity index (χ0) is 29.8. The number of Topliss-reactive ketones (excluding diaryl/α,β-unsaturated/α-hetero) is 1. The SMILES string of the molecule is Cc1nc(Oc2ccccc2)ncc1C1(N)C(=O)C(N)C2c3c1ccc(N)c3SC2C(=O)N[C@H]1CCC[C@H]1OC(N)=O. The molecule has 3 aliphatic rings. The quantitative estimate of drug-likeness (QED) is 0.262. The Labute approximate surface area is 245 Å². The van der Waals surface area contributed by atoms with E-state index >= 15 is 0 Å². The average Bonchev–Trinajstić information content (AvgIpc) is 3.57. The summed E-state index contributed by atoms with van der Waals surface area (Å²) in [5.74, 6) is -0.901.